The Balaban J connectivity index is 1.53. The van der Waals surface area contributed by atoms with Crippen molar-refractivity contribution in [3.63, 3.8) is 0 Å². The second-order valence-corrected chi connectivity index (χ2v) is 8.70. The molecule has 10 heteroatoms. The predicted molar refractivity (Wildman–Crippen MR) is 108 cm³/mol. The van der Waals surface area contributed by atoms with Crippen LogP contribution in [0.4, 0.5) is 18.9 Å². The van der Waals surface area contributed by atoms with Crippen LogP contribution < -0.4 is 10.9 Å². The van der Waals surface area contributed by atoms with E-state index in [1.54, 1.807) is 7.05 Å². The summed E-state index contributed by atoms with van der Waals surface area (Å²) in [6, 6.07) is 4.81. The van der Waals surface area contributed by atoms with Gasteiger partial charge in [-0.3, -0.25) is 14.2 Å². The van der Waals surface area contributed by atoms with E-state index in [2.05, 4.69) is 10.3 Å². The zero-order valence-corrected chi connectivity index (χ0v) is 16.9. The van der Waals surface area contributed by atoms with Gasteiger partial charge in [-0.15, -0.1) is 11.3 Å². The second-order valence-electron chi connectivity index (χ2n) is 6.68. The SMILES string of the molecule is Cn1c(SCC(=O)Nc2ccccc2C(F)(F)F)nc2sc3c(c2c1=O)CCC3. The molecule has 1 amide bonds. The molecule has 0 unspecified atom stereocenters. The minimum Gasteiger partial charge on any atom is -0.325 e. The summed E-state index contributed by atoms with van der Waals surface area (Å²) in [5, 5.41) is 3.31. The monoisotopic (exact) mass is 439 g/mol. The molecule has 0 saturated heterocycles. The van der Waals surface area contributed by atoms with Gasteiger partial charge in [0.2, 0.25) is 5.91 Å². The van der Waals surface area contributed by atoms with E-state index >= 15 is 0 Å². The lowest BCUT2D eigenvalue weighted by Crippen LogP contribution is -2.22. The lowest BCUT2D eigenvalue weighted by atomic mass is 10.1. The Labute approximate surface area is 172 Å². The average Bonchev–Trinajstić information content (AvgIpc) is 3.23. The van der Waals surface area contributed by atoms with E-state index in [-0.39, 0.29) is 17.0 Å². The summed E-state index contributed by atoms with van der Waals surface area (Å²) in [7, 11) is 1.59. The number of amides is 1. The molecular formula is C19H16F3N3O2S2. The number of aryl methyl sites for hydroxylation is 2. The number of alkyl halides is 3. The van der Waals surface area contributed by atoms with E-state index in [9.17, 15) is 22.8 Å². The van der Waals surface area contributed by atoms with Gasteiger partial charge in [-0.2, -0.15) is 13.2 Å². The van der Waals surface area contributed by atoms with Crippen LogP contribution in [0.2, 0.25) is 0 Å². The summed E-state index contributed by atoms with van der Waals surface area (Å²) < 4.78 is 40.6. The van der Waals surface area contributed by atoms with E-state index in [4.69, 9.17) is 0 Å². The molecule has 0 saturated carbocycles. The third-order valence-corrected chi connectivity index (χ3v) is 6.96. The largest absolute Gasteiger partial charge is 0.418 e. The van der Waals surface area contributed by atoms with Gasteiger partial charge in [-0.05, 0) is 37.0 Å². The van der Waals surface area contributed by atoms with Crippen LogP contribution in [0.25, 0.3) is 10.2 Å². The van der Waals surface area contributed by atoms with Crippen molar-refractivity contribution >= 4 is 44.9 Å². The Morgan fingerprint density at radius 1 is 1.31 bits per heavy atom. The normalized spacial score (nSPS) is 13.7. The van der Waals surface area contributed by atoms with Gasteiger partial charge < -0.3 is 5.32 Å². The second kappa shape index (κ2) is 7.49. The van der Waals surface area contributed by atoms with Gasteiger partial charge in [0, 0.05) is 11.9 Å². The average molecular weight is 439 g/mol. The zero-order chi connectivity index (χ0) is 20.8. The molecule has 2 heterocycles. The van der Waals surface area contributed by atoms with E-state index in [1.807, 2.05) is 0 Å². The first-order chi connectivity index (χ1) is 13.8. The number of thiophene rings is 1. The Morgan fingerprint density at radius 2 is 2.07 bits per heavy atom. The number of fused-ring (bicyclic) bond motifs is 3. The van der Waals surface area contributed by atoms with Crippen LogP contribution in [0.5, 0.6) is 0 Å². The van der Waals surface area contributed by atoms with Gasteiger partial charge in [0.15, 0.2) is 5.16 Å². The first-order valence-electron chi connectivity index (χ1n) is 8.86. The standard InChI is InChI=1S/C19H16F3N3O2S2/c1-25-17(27)15-10-5-4-8-13(10)29-16(15)24-18(25)28-9-14(26)23-12-7-3-2-6-11(12)19(20,21)22/h2-3,6-7H,4-5,8-9H2,1H3,(H,23,26). The fraction of sp³-hybridized carbons (Fsp3) is 0.316. The van der Waals surface area contributed by atoms with Gasteiger partial charge in [-0.1, -0.05) is 23.9 Å². The number of para-hydroxylation sites is 1. The maximum Gasteiger partial charge on any atom is 0.418 e. The molecule has 0 radical (unpaired) electrons. The molecule has 1 aliphatic rings. The highest BCUT2D eigenvalue weighted by molar-refractivity contribution is 7.99. The van der Waals surface area contributed by atoms with E-state index < -0.39 is 17.6 Å². The molecule has 3 aromatic rings. The number of nitrogens with one attached hydrogen (secondary N) is 1. The van der Waals surface area contributed by atoms with Crippen molar-refractivity contribution in [2.24, 2.45) is 7.05 Å². The first-order valence-corrected chi connectivity index (χ1v) is 10.7. The van der Waals surface area contributed by atoms with Gasteiger partial charge >= 0.3 is 6.18 Å². The van der Waals surface area contributed by atoms with Gasteiger partial charge in [-0.25, -0.2) is 4.98 Å². The van der Waals surface area contributed by atoms with Crippen molar-refractivity contribution < 1.29 is 18.0 Å². The van der Waals surface area contributed by atoms with Crippen molar-refractivity contribution in [3.8, 4) is 0 Å². The summed E-state index contributed by atoms with van der Waals surface area (Å²) in [6.45, 7) is 0. The van der Waals surface area contributed by atoms with Crippen LogP contribution in [0.1, 0.15) is 22.4 Å². The number of carbonyl (C=O) groups excluding carboxylic acids is 1. The zero-order valence-electron chi connectivity index (χ0n) is 15.3. The maximum atomic E-state index is 13.1. The summed E-state index contributed by atoms with van der Waals surface area (Å²) in [4.78, 5) is 31.3. The highest BCUT2D eigenvalue weighted by Crippen LogP contribution is 2.36. The lowest BCUT2D eigenvalue weighted by Gasteiger charge is -2.13. The fourth-order valence-corrected chi connectivity index (χ4v) is 5.46. The molecule has 5 nitrogen and oxygen atoms in total. The molecule has 1 N–H and O–H groups in total. The number of benzene rings is 1. The quantitative estimate of drug-likeness (QED) is 0.488. The van der Waals surface area contributed by atoms with Crippen LogP contribution >= 0.6 is 23.1 Å². The molecule has 0 atom stereocenters. The third kappa shape index (κ3) is 3.78. The van der Waals surface area contributed by atoms with Crippen molar-refractivity contribution in [1.29, 1.82) is 0 Å². The molecule has 0 aliphatic heterocycles. The molecule has 29 heavy (non-hydrogen) atoms. The Kier molecular flexibility index (Phi) is 5.16. The van der Waals surface area contributed by atoms with E-state index in [0.717, 1.165) is 42.7 Å². The topological polar surface area (TPSA) is 64.0 Å². The van der Waals surface area contributed by atoms with Crippen molar-refractivity contribution in [1.82, 2.24) is 9.55 Å². The van der Waals surface area contributed by atoms with Crippen molar-refractivity contribution in [3.05, 3.63) is 50.6 Å². The summed E-state index contributed by atoms with van der Waals surface area (Å²) in [5.41, 5.74) is -0.271. The minimum absolute atomic E-state index is 0.153. The fourth-order valence-electron chi connectivity index (χ4n) is 3.39. The molecule has 2 aromatic heterocycles. The molecular weight excluding hydrogens is 423 g/mol. The number of anilines is 1. The molecule has 1 aliphatic carbocycles. The molecule has 0 bridgehead atoms. The number of aromatic nitrogens is 2. The van der Waals surface area contributed by atoms with Crippen LogP contribution in [-0.4, -0.2) is 21.2 Å². The summed E-state index contributed by atoms with van der Waals surface area (Å²) in [5.74, 6) is -0.766. The number of hydrogen-bond acceptors (Lipinski definition) is 5. The first kappa shape index (κ1) is 20.0. The van der Waals surface area contributed by atoms with Crippen LogP contribution in [-0.2, 0) is 30.9 Å². The molecule has 4 rings (SSSR count). The van der Waals surface area contributed by atoms with Gasteiger partial charge in [0.1, 0.15) is 4.83 Å². The smallest absolute Gasteiger partial charge is 0.325 e. The number of rotatable bonds is 4. The van der Waals surface area contributed by atoms with E-state index in [0.29, 0.717) is 15.4 Å². The lowest BCUT2D eigenvalue weighted by molar-refractivity contribution is -0.137. The Hall–Kier alpha value is -2.33. The number of thioether (sulfide) groups is 1. The predicted octanol–water partition coefficient (Wildman–Crippen LogP) is 4.23. The maximum absolute atomic E-state index is 13.1. The van der Waals surface area contributed by atoms with Crippen molar-refractivity contribution in [2.45, 2.75) is 30.6 Å². The number of hydrogen-bond donors (Lipinski definition) is 1. The highest BCUT2D eigenvalue weighted by Gasteiger charge is 2.33. The molecule has 0 fully saturated rings. The number of halogens is 3. The molecule has 1 aromatic carbocycles. The van der Waals surface area contributed by atoms with Crippen LogP contribution in [0, 0.1) is 0 Å². The highest BCUT2D eigenvalue weighted by atomic mass is 32.2. The van der Waals surface area contributed by atoms with Crippen molar-refractivity contribution in [2.75, 3.05) is 11.1 Å². The molecule has 152 valence electrons. The van der Waals surface area contributed by atoms with E-state index in [1.165, 1.54) is 39.0 Å². The third-order valence-electron chi connectivity index (χ3n) is 4.74. The number of nitrogens with zero attached hydrogens (tertiary/aromatic N) is 2. The minimum atomic E-state index is -4.56. The summed E-state index contributed by atoms with van der Waals surface area (Å²) >= 11 is 2.52. The summed E-state index contributed by atoms with van der Waals surface area (Å²) in [6.07, 6.45) is -1.70. The van der Waals surface area contributed by atoms with Crippen LogP contribution in [0.3, 0.4) is 0 Å². The van der Waals surface area contributed by atoms with Gasteiger partial charge in [0.05, 0.1) is 22.4 Å². The van der Waals surface area contributed by atoms with Gasteiger partial charge in [0.25, 0.3) is 5.56 Å². The Morgan fingerprint density at radius 3 is 2.83 bits per heavy atom. The Bertz CT molecular complexity index is 1170. The molecule has 0 spiro atoms. The number of carbonyl (C=O) groups is 1. The van der Waals surface area contributed by atoms with Crippen LogP contribution in [0.15, 0.2) is 34.2 Å².